The van der Waals surface area contributed by atoms with Crippen molar-refractivity contribution in [3.63, 3.8) is 0 Å². The number of ether oxygens (including phenoxy) is 3. The van der Waals surface area contributed by atoms with E-state index in [4.69, 9.17) is 19.9 Å². The Morgan fingerprint density at radius 3 is 2.36 bits per heavy atom. The van der Waals surface area contributed by atoms with Crippen molar-refractivity contribution < 1.29 is 54.1 Å². The maximum absolute atomic E-state index is 13.7. The second-order valence-electron chi connectivity index (χ2n) is 10.0. The van der Waals surface area contributed by atoms with E-state index < -0.39 is 89.2 Å². The van der Waals surface area contributed by atoms with Crippen LogP contribution in [0.2, 0.25) is 0 Å². The van der Waals surface area contributed by atoms with Gasteiger partial charge in [0.15, 0.2) is 17.9 Å². The number of hydrogen-bond donors (Lipinski definition) is 6. The minimum Gasteiger partial charge on any atom is -0.507 e. The van der Waals surface area contributed by atoms with Gasteiger partial charge in [0.2, 0.25) is 5.78 Å². The zero-order valence-corrected chi connectivity index (χ0v) is 21.2. The van der Waals surface area contributed by atoms with E-state index >= 15 is 0 Å². The van der Waals surface area contributed by atoms with E-state index in [1.54, 1.807) is 6.92 Å². The number of carbonyl (C=O) groups is 3. The van der Waals surface area contributed by atoms with Crippen molar-refractivity contribution in [2.45, 2.75) is 62.4 Å². The highest BCUT2D eigenvalue weighted by molar-refractivity contribution is 6.31. The van der Waals surface area contributed by atoms with Gasteiger partial charge in [-0.1, -0.05) is 12.1 Å². The van der Waals surface area contributed by atoms with Crippen LogP contribution >= 0.6 is 0 Å². The van der Waals surface area contributed by atoms with E-state index in [-0.39, 0.29) is 40.8 Å². The van der Waals surface area contributed by atoms with Gasteiger partial charge in [-0.25, -0.2) is 0 Å². The van der Waals surface area contributed by atoms with E-state index in [2.05, 4.69) is 0 Å². The summed E-state index contributed by atoms with van der Waals surface area (Å²) in [7, 11) is 1.32. The lowest BCUT2D eigenvalue weighted by Gasteiger charge is -2.41. The first-order valence-electron chi connectivity index (χ1n) is 12.5. The molecule has 1 unspecified atom stereocenters. The summed E-state index contributed by atoms with van der Waals surface area (Å²) >= 11 is 0. The molecule has 208 valence electrons. The molecule has 7 N–H and O–H groups in total. The predicted molar refractivity (Wildman–Crippen MR) is 132 cm³/mol. The van der Waals surface area contributed by atoms with Crippen molar-refractivity contribution in [2.75, 3.05) is 13.7 Å². The number of phenolic OH excluding ortho intramolecular Hbond substituents is 2. The van der Waals surface area contributed by atoms with Crippen molar-refractivity contribution in [2.24, 2.45) is 5.73 Å². The van der Waals surface area contributed by atoms with Crippen LogP contribution in [0.1, 0.15) is 74.8 Å². The number of aliphatic hydroxyl groups is 3. The zero-order chi connectivity index (χ0) is 28.3. The normalized spacial score (nSPS) is 29.8. The Kier molecular flexibility index (Phi) is 6.95. The van der Waals surface area contributed by atoms with Crippen molar-refractivity contribution in [3.8, 4) is 17.2 Å². The first-order chi connectivity index (χ1) is 18.5. The Balaban J connectivity index is 1.71. The number of carbonyl (C=O) groups excluding carboxylic acids is 3. The number of rotatable bonds is 5. The lowest BCUT2D eigenvalue weighted by Crippen LogP contribution is -2.52. The highest BCUT2D eigenvalue weighted by Gasteiger charge is 2.48. The summed E-state index contributed by atoms with van der Waals surface area (Å²) in [4.78, 5) is 40.0. The molecule has 0 spiro atoms. The second-order valence-corrected chi connectivity index (χ2v) is 10.0. The van der Waals surface area contributed by atoms with Gasteiger partial charge < -0.3 is 45.5 Å². The monoisotopic (exact) mass is 543 g/mol. The number of Topliss-reactive ketones (excluding diaryl/α,β-unsaturated/α-hetero) is 1. The SMILES string of the molecule is COc1cccc2c1C(=O)c1c(O)c3c(c(O)c1C2=O)C(C(=O)CO)[C@@H](O)C[C@@H]3O[C@H]1C[C@H](N)[C@H](O)[C@H](C)O1. The fourth-order valence-electron chi connectivity index (χ4n) is 5.85. The molecule has 2 aromatic rings. The summed E-state index contributed by atoms with van der Waals surface area (Å²) < 4.78 is 17.0. The molecule has 0 amide bonds. The van der Waals surface area contributed by atoms with Gasteiger partial charge in [0.05, 0.1) is 54.1 Å². The highest BCUT2D eigenvalue weighted by atomic mass is 16.7. The molecular formula is C27H29NO11. The Labute approximate surface area is 222 Å². The summed E-state index contributed by atoms with van der Waals surface area (Å²) in [6.07, 6.45) is -5.63. The Bertz CT molecular complexity index is 1360. The standard InChI is InChI=1S/C27H29NO11/c1-9-23(32)11(28)6-16(38-9)39-15-7-12(30)18(13(31)8-29)20-19(15)26(35)22-21(27(20)36)24(33)10-4-3-5-14(37-2)17(10)25(22)34/h3-5,9,11-12,15-16,18,23,29-30,32,35-36H,6-8,28H2,1-2H3/t9-,11-,12-,15-,16-,18?,23+/m0/s1. The number of ketones is 3. The van der Waals surface area contributed by atoms with E-state index in [9.17, 15) is 39.9 Å². The smallest absolute Gasteiger partial charge is 0.202 e. The number of nitrogens with two attached hydrogens (primary N) is 1. The lowest BCUT2D eigenvalue weighted by molar-refractivity contribution is -0.244. The summed E-state index contributed by atoms with van der Waals surface area (Å²) in [5.41, 5.74) is 4.27. The van der Waals surface area contributed by atoms with Gasteiger partial charge in [-0.3, -0.25) is 14.4 Å². The molecule has 2 aromatic carbocycles. The van der Waals surface area contributed by atoms with Crippen LogP contribution in [-0.2, 0) is 14.3 Å². The molecule has 1 heterocycles. The number of phenols is 2. The Morgan fingerprint density at radius 2 is 1.72 bits per heavy atom. The minimum atomic E-state index is -1.52. The van der Waals surface area contributed by atoms with E-state index in [0.29, 0.717) is 0 Å². The molecular weight excluding hydrogens is 514 g/mol. The average molecular weight is 544 g/mol. The molecule has 39 heavy (non-hydrogen) atoms. The van der Waals surface area contributed by atoms with Gasteiger partial charge in [0, 0.05) is 35.6 Å². The third-order valence-corrected chi connectivity index (χ3v) is 7.74. The molecule has 0 saturated carbocycles. The molecule has 0 aromatic heterocycles. The largest absolute Gasteiger partial charge is 0.507 e. The first-order valence-corrected chi connectivity index (χ1v) is 12.5. The molecule has 1 saturated heterocycles. The third kappa shape index (κ3) is 4.11. The molecule has 3 aliphatic rings. The zero-order valence-electron chi connectivity index (χ0n) is 21.2. The van der Waals surface area contributed by atoms with Crippen LogP contribution in [-0.4, -0.2) is 87.2 Å². The topological polar surface area (TPSA) is 206 Å². The van der Waals surface area contributed by atoms with Crippen LogP contribution in [0, 0.1) is 0 Å². The van der Waals surface area contributed by atoms with Crippen LogP contribution in [0.4, 0.5) is 0 Å². The molecule has 0 bridgehead atoms. The first kappa shape index (κ1) is 27.2. The van der Waals surface area contributed by atoms with Crippen molar-refractivity contribution in [1.29, 1.82) is 0 Å². The van der Waals surface area contributed by atoms with Crippen LogP contribution < -0.4 is 10.5 Å². The number of methoxy groups -OCH3 is 1. The quantitative estimate of drug-likeness (QED) is 0.238. The Hall–Kier alpha value is -3.39. The lowest BCUT2D eigenvalue weighted by atomic mass is 9.71. The van der Waals surface area contributed by atoms with Crippen molar-refractivity contribution in [3.05, 3.63) is 51.6 Å². The summed E-state index contributed by atoms with van der Waals surface area (Å²) in [5.74, 6) is -5.40. The Morgan fingerprint density at radius 1 is 1.05 bits per heavy atom. The van der Waals surface area contributed by atoms with Gasteiger partial charge in [0.1, 0.15) is 23.9 Å². The second kappa shape index (κ2) is 9.97. The number of hydrogen-bond acceptors (Lipinski definition) is 12. The van der Waals surface area contributed by atoms with Crippen LogP contribution in [0.15, 0.2) is 18.2 Å². The van der Waals surface area contributed by atoms with E-state index in [0.717, 1.165) is 0 Å². The molecule has 1 aliphatic heterocycles. The van der Waals surface area contributed by atoms with Gasteiger partial charge in [-0.15, -0.1) is 0 Å². The summed E-state index contributed by atoms with van der Waals surface area (Å²) in [5, 5.41) is 53.6. The van der Waals surface area contributed by atoms with Crippen LogP contribution in [0.3, 0.4) is 0 Å². The molecule has 5 rings (SSSR count). The fraction of sp³-hybridized carbons (Fsp3) is 0.444. The molecule has 1 fully saturated rings. The van der Waals surface area contributed by atoms with Crippen LogP contribution in [0.5, 0.6) is 17.2 Å². The molecule has 12 nitrogen and oxygen atoms in total. The summed E-state index contributed by atoms with van der Waals surface area (Å²) in [6.45, 7) is 0.599. The molecule has 2 aliphatic carbocycles. The van der Waals surface area contributed by atoms with Gasteiger partial charge >= 0.3 is 0 Å². The molecule has 0 radical (unpaired) electrons. The van der Waals surface area contributed by atoms with Crippen molar-refractivity contribution >= 4 is 17.3 Å². The van der Waals surface area contributed by atoms with Gasteiger partial charge in [-0.2, -0.15) is 0 Å². The summed E-state index contributed by atoms with van der Waals surface area (Å²) in [6, 6.07) is 3.63. The maximum atomic E-state index is 13.7. The third-order valence-electron chi connectivity index (χ3n) is 7.74. The molecule has 7 atom stereocenters. The number of benzene rings is 2. The fourth-order valence-corrected chi connectivity index (χ4v) is 5.85. The van der Waals surface area contributed by atoms with E-state index in [1.165, 1.54) is 25.3 Å². The predicted octanol–water partition coefficient (Wildman–Crippen LogP) is 0.172. The van der Waals surface area contributed by atoms with Crippen molar-refractivity contribution in [1.82, 2.24) is 0 Å². The van der Waals surface area contributed by atoms with E-state index in [1.807, 2.05) is 0 Å². The highest BCUT2D eigenvalue weighted by Crippen LogP contribution is 2.54. The number of aliphatic hydroxyl groups excluding tert-OH is 3. The molecule has 12 heteroatoms. The number of aromatic hydroxyl groups is 2. The minimum absolute atomic E-state index is 0.0477. The maximum Gasteiger partial charge on any atom is 0.202 e. The van der Waals surface area contributed by atoms with Gasteiger partial charge in [-0.05, 0) is 13.0 Å². The number of fused-ring (bicyclic) bond motifs is 3. The average Bonchev–Trinajstić information content (AvgIpc) is 2.91. The van der Waals surface area contributed by atoms with Crippen LogP contribution in [0.25, 0.3) is 0 Å². The van der Waals surface area contributed by atoms with Gasteiger partial charge in [0.25, 0.3) is 0 Å².